The Hall–Kier alpha value is -3.58. The number of ether oxygens (including phenoxy) is 2. The fourth-order valence-electron chi connectivity index (χ4n) is 3.18. The van der Waals surface area contributed by atoms with E-state index in [1.54, 1.807) is 31.2 Å². The first-order valence-corrected chi connectivity index (χ1v) is 9.92. The quantitative estimate of drug-likeness (QED) is 0.385. The van der Waals surface area contributed by atoms with E-state index in [1.165, 1.54) is 19.2 Å². The van der Waals surface area contributed by atoms with Crippen LogP contribution in [0.2, 0.25) is 5.02 Å². The van der Waals surface area contributed by atoms with Gasteiger partial charge >= 0.3 is 0 Å². The SMILES string of the molecule is CCOc1cc(C(=O)NC(c2ccccc2)c2ccc(Cl)cc2)c([N+](=O)[O-])cc1OC. The lowest BCUT2D eigenvalue weighted by Crippen LogP contribution is -2.30. The largest absolute Gasteiger partial charge is 0.493 e. The number of methoxy groups -OCH3 is 1. The monoisotopic (exact) mass is 440 g/mol. The fraction of sp³-hybridized carbons (Fsp3) is 0.174. The molecule has 3 rings (SSSR count). The standard InChI is InChI=1S/C23H21ClN2O5/c1-3-31-21-13-18(19(26(28)29)14-20(21)30-2)23(27)25-22(15-7-5-4-6-8-15)16-9-11-17(24)12-10-16/h4-14,22H,3H2,1-2H3,(H,25,27). The number of halogens is 1. The number of amides is 1. The Morgan fingerprint density at radius 1 is 1.06 bits per heavy atom. The molecule has 160 valence electrons. The van der Waals surface area contributed by atoms with Gasteiger partial charge in [-0.25, -0.2) is 0 Å². The number of hydrogen-bond acceptors (Lipinski definition) is 5. The van der Waals surface area contributed by atoms with Gasteiger partial charge in [0, 0.05) is 11.1 Å². The van der Waals surface area contributed by atoms with Crippen molar-refractivity contribution in [1.29, 1.82) is 0 Å². The zero-order valence-electron chi connectivity index (χ0n) is 17.0. The van der Waals surface area contributed by atoms with Gasteiger partial charge in [0.05, 0.1) is 30.7 Å². The van der Waals surface area contributed by atoms with Crippen molar-refractivity contribution in [2.45, 2.75) is 13.0 Å². The van der Waals surface area contributed by atoms with Crippen molar-refractivity contribution in [2.24, 2.45) is 0 Å². The van der Waals surface area contributed by atoms with Crippen LogP contribution in [-0.4, -0.2) is 24.5 Å². The molecule has 0 bridgehead atoms. The molecule has 31 heavy (non-hydrogen) atoms. The lowest BCUT2D eigenvalue weighted by molar-refractivity contribution is -0.385. The summed E-state index contributed by atoms with van der Waals surface area (Å²) in [6, 6.07) is 18.4. The van der Waals surface area contributed by atoms with Crippen LogP contribution in [0.4, 0.5) is 5.69 Å². The lowest BCUT2D eigenvalue weighted by atomic mass is 9.98. The number of carbonyl (C=O) groups is 1. The van der Waals surface area contributed by atoms with E-state index in [9.17, 15) is 14.9 Å². The van der Waals surface area contributed by atoms with Gasteiger partial charge in [0.2, 0.25) is 0 Å². The van der Waals surface area contributed by atoms with Gasteiger partial charge in [0.1, 0.15) is 5.56 Å². The number of benzene rings is 3. The topological polar surface area (TPSA) is 90.7 Å². The van der Waals surface area contributed by atoms with Crippen molar-refractivity contribution in [3.05, 3.63) is 98.6 Å². The minimum atomic E-state index is -0.618. The molecule has 0 aliphatic rings. The van der Waals surface area contributed by atoms with Gasteiger partial charge in [0.15, 0.2) is 11.5 Å². The highest BCUT2D eigenvalue weighted by Crippen LogP contribution is 2.35. The Bertz CT molecular complexity index is 1070. The van der Waals surface area contributed by atoms with Crippen LogP contribution in [0.15, 0.2) is 66.7 Å². The maximum absolute atomic E-state index is 13.2. The Labute approximate surface area is 184 Å². The number of nitrogens with zero attached hydrogens (tertiary/aromatic N) is 1. The maximum atomic E-state index is 13.2. The lowest BCUT2D eigenvalue weighted by Gasteiger charge is -2.20. The van der Waals surface area contributed by atoms with Crippen LogP contribution in [0.25, 0.3) is 0 Å². The van der Waals surface area contributed by atoms with E-state index >= 15 is 0 Å². The van der Waals surface area contributed by atoms with Crippen LogP contribution in [-0.2, 0) is 0 Å². The van der Waals surface area contributed by atoms with E-state index in [-0.39, 0.29) is 22.7 Å². The Morgan fingerprint density at radius 2 is 1.71 bits per heavy atom. The Balaban J connectivity index is 2.04. The average molecular weight is 441 g/mol. The molecule has 0 saturated heterocycles. The molecule has 0 spiro atoms. The zero-order chi connectivity index (χ0) is 22.4. The molecule has 0 aliphatic carbocycles. The molecular formula is C23H21ClN2O5. The van der Waals surface area contributed by atoms with Gasteiger partial charge in [0.25, 0.3) is 11.6 Å². The highest BCUT2D eigenvalue weighted by molar-refractivity contribution is 6.30. The van der Waals surface area contributed by atoms with Crippen molar-refractivity contribution in [1.82, 2.24) is 5.32 Å². The van der Waals surface area contributed by atoms with Crippen molar-refractivity contribution in [2.75, 3.05) is 13.7 Å². The minimum absolute atomic E-state index is 0.121. The molecule has 1 amide bonds. The van der Waals surface area contributed by atoms with Crippen LogP contribution >= 0.6 is 11.6 Å². The third-order valence-corrected chi connectivity index (χ3v) is 4.89. The summed E-state index contributed by atoms with van der Waals surface area (Å²) in [5.74, 6) is -0.176. The van der Waals surface area contributed by atoms with E-state index in [0.29, 0.717) is 11.6 Å². The second-order valence-corrected chi connectivity index (χ2v) is 7.02. The molecule has 0 fully saturated rings. The van der Waals surface area contributed by atoms with E-state index in [2.05, 4.69) is 5.32 Å². The van der Waals surface area contributed by atoms with E-state index < -0.39 is 16.9 Å². The van der Waals surface area contributed by atoms with E-state index in [1.807, 2.05) is 30.3 Å². The Kier molecular flexibility index (Phi) is 7.10. The predicted molar refractivity (Wildman–Crippen MR) is 118 cm³/mol. The first-order chi connectivity index (χ1) is 14.9. The smallest absolute Gasteiger partial charge is 0.286 e. The van der Waals surface area contributed by atoms with Crippen LogP contribution in [0.5, 0.6) is 11.5 Å². The number of nitro benzene ring substituents is 1. The Morgan fingerprint density at radius 3 is 2.29 bits per heavy atom. The summed E-state index contributed by atoms with van der Waals surface area (Å²) >= 11 is 6.01. The summed E-state index contributed by atoms with van der Waals surface area (Å²) in [5, 5.41) is 15.1. The molecule has 0 radical (unpaired) electrons. The molecule has 0 heterocycles. The summed E-state index contributed by atoms with van der Waals surface area (Å²) in [4.78, 5) is 24.2. The molecule has 1 atom stereocenters. The normalized spacial score (nSPS) is 11.5. The number of rotatable bonds is 8. The fourth-order valence-corrected chi connectivity index (χ4v) is 3.30. The molecular weight excluding hydrogens is 420 g/mol. The summed E-state index contributed by atoms with van der Waals surface area (Å²) < 4.78 is 10.7. The minimum Gasteiger partial charge on any atom is -0.493 e. The number of nitrogens with one attached hydrogen (secondary N) is 1. The van der Waals surface area contributed by atoms with Crippen LogP contribution in [0, 0.1) is 10.1 Å². The molecule has 0 aromatic heterocycles. The average Bonchev–Trinajstić information content (AvgIpc) is 2.78. The van der Waals surface area contributed by atoms with Crippen molar-refractivity contribution in [3.63, 3.8) is 0 Å². The molecule has 0 saturated carbocycles. The first-order valence-electron chi connectivity index (χ1n) is 9.55. The first kappa shape index (κ1) is 22.1. The second kappa shape index (κ2) is 9.95. The second-order valence-electron chi connectivity index (χ2n) is 6.58. The summed E-state index contributed by atoms with van der Waals surface area (Å²) in [6.45, 7) is 2.08. The van der Waals surface area contributed by atoms with Gasteiger partial charge in [-0.1, -0.05) is 54.1 Å². The zero-order valence-corrected chi connectivity index (χ0v) is 17.8. The van der Waals surface area contributed by atoms with Gasteiger partial charge in [-0.15, -0.1) is 0 Å². The van der Waals surface area contributed by atoms with Gasteiger partial charge < -0.3 is 14.8 Å². The van der Waals surface area contributed by atoms with Crippen LogP contribution in [0.1, 0.15) is 34.5 Å². The third-order valence-electron chi connectivity index (χ3n) is 4.63. The van der Waals surface area contributed by atoms with Gasteiger partial charge in [-0.3, -0.25) is 14.9 Å². The van der Waals surface area contributed by atoms with E-state index in [0.717, 1.165) is 11.1 Å². The molecule has 7 nitrogen and oxygen atoms in total. The molecule has 1 unspecified atom stereocenters. The van der Waals surface area contributed by atoms with Crippen LogP contribution in [0.3, 0.4) is 0 Å². The summed E-state index contributed by atoms with van der Waals surface area (Å²) in [7, 11) is 1.38. The summed E-state index contributed by atoms with van der Waals surface area (Å²) in [6.07, 6.45) is 0. The van der Waals surface area contributed by atoms with E-state index in [4.69, 9.17) is 21.1 Å². The third kappa shape index (κ3) is 5.13. The highest BCUT2D eigenvalue weighted by Gasteiger charge is 2.27. The number of hydrogen-bond donors (Lipinski definition) is 1. The molecule has 1 N–H and O–H groups in total. The number of carbonyl (C=O) groups excluding carboxylic acids is 1. The molecule has 3 aromatic carbocycles. The highest BCUT2D eigenvalue weighted by atomic mass is 35.5. The number of nitro groups is 1. The maximum Gasteiger partial charge on any atom is 0.286 e. The molecule has 3 aromatic rings. The summed E-state index contributed by atoms with van der Waals surface area (Å²) in [5.41, 5.74) is 1.11. The molecule has 0 aliphatic heterocycles. The predicted octanol–water partition coefficient (Wildman–Crippen LogP) is 5.17. The van der Waals surface area contributed by atoms with Gasteiger partial charge in [-0.05, 0) is 30.2 Å². The van der Waals surface area contributed by atoms with Crippen molar-refractivity contribution < 1.29 is 19.2 Å². The van der Waals surface area contributed by atoms with Crippen molar-refractivity contribution in [3.8, 4) is 11.5 Å². The molecule has 8 heteroatoms. The van der Waals surface area contributed by atoms with Crippen LogP contribution < -0.4 is 14.8 Å². The van der Waals surface area contributed by atoms with Crippen molar-refractivity contribution >= 4 is 23.2 Å². The van der Waals surface area contributed by atoms with Gasteiger partial charge in [-0.2, -0.15) is 0 Å².